The van der Waals surface area contributed by atoms with E-state index >= 15 is 0 Å². The lowest BCUT2D eigenvalue weighted by Crippen LogP contribution is -2.45. The molecule has 0 aliphatic carbocycles. The summed E-state index contributed by atoms with van der Waals surface area (Å²) in [7, 11) is 0. The minimum absolute atomic E-state index is 0.162. The summed E-state index contributed by atoms with van der Waals surface area (Å²) in [4.78, 5) is 4.24. The molecule has 0 aliphatic heterocycles. The lowest BCUT2D eigenvalue weighted by atomic mass is 9.78. The van der Waals surface area contributed by atoms with Gasteiger partial charge in [-0.15, -0.1) is 0 Å². The largest absolute Gasteiger partial charge is 0.388 e. The molecular formula is C15H28N2O. The Balaban J connectivity index is 0.00000137. The van der Waals surface area contributed by atoms with Gasteiger partial charge in [0.05, 0.1) is 5.60 Å². The highest BCUT2D eigenvalue weighted by molar-refractivity contribution is 5.35. The highest BCUT2D eigenvalue weighted by Crippen LogP contribution is 2.29. The van der Waals surface area contributed by atoms with Crippen molar-refractivity contribution in [1.29, 1.82) is 0 Å². The molecule has 0 saturated carbocycles. The summed E-state index contributed by atoms with van der Waals surface area (Å²) in [6, 6.07) is 3.93. The fraction of sp³-hybridized carbons (Fsp3) is 0.667. The number of nitrogens with one attached hydrogen (secondary N) is 1. The minimum atomic E-state index is -0.764. The van der Waals surface area contributed by atoms with Crippen LogP contribution >= 0.6 is 0 Å². The zero-order chi connectivity index (χ0) is 14.4. The Labute approximate surface area is 112 Å². The van der Waals surface area contributed by atoms with Crippen LogP contribution in [0.4, 0.5) is 5.82 Å². The lowest BCUT2D eigenvalue weighted by molar-refractivity contribution is -0.0290. The van der Waals surface area contributed by atoms with Gasteiger partial charge in [0, 0.05) is 12.7 Å². The van der Waals surface area contributed by atoms with E-state index in [1.807, 2.05) is 66.8 Å². The number of rotatable bonds is 3. The maximum Gasteiger partial charge on any atom is 0.125 e. The van der Waals surface area contributed by atoms with Crippen molar-refractivity contribution in [3.8, 4) is 0 Å². The summed E-state index contributed by atoms with van der Waals surface area (Å²) in [6.45, 7) is 14.4. The quantitative estimate of drug-likeness (QED) is 0.863. The first-order chi connectivity index (χ1) is 8.22. The molecule has 0 radical (unpaired) electrons. The van der Waals surface area contributed by atoms with Crippen LogP contribution in [0.2, 0.25) is 0 Å². The number of nitrogens with zero attached hydrogens (tertiary/aromatic N) is 1. The highest BCUT2D eigenvalue weighted by atomic mass is 16.3. The molecule has 0 spiro atoms. The molecule has 0 amide bonds. The van der Waals surface area contributed by atoms with E-state index in [0.717, 1.165) is 11.4 Å². The van der Waals surface area contributed by atoms with E-state index in [4.69, 9.17) is 0 Å². The smallest absolute Gasteiger partial charge is 0.125 e. The molecule has 1 unspecified atom stereocenters. The highest BCUT2D eigenvalue weighted by Gasteiger charge is 2.34. The number of aryl methyl sites for hydroxylation is 1. The number of aromatic nitrogens is 1. The molecule has 0 aliphatic rings. The van der Waals surface area contributed by atoms with Gasteiger partial charge in [0.25, 0.3) is 0 Å². The van der Waals surface area contributed by atoms with Crippen LogP contribution in [0, 0.1) is 12.3 Å². The fourth-order valence-electron chi connectivity index (χ4n) is 1.10. The predicted octanol–water partition coefficient (Wildman–Crippen LogP) is 3.63. The van der Waals surface area contributed by atoms with Crippen LogP contribution < -0.4 is 5.32 Å². The molecule has 2 N–H and O–H groups in total. The molecule has 0 saturated heterocycles. The van der Waals surface area contributed by atoms with Gasteiger partial charge < -0.3 is 10.4 Å². The van der Waals surface area contributed by atoms with Gasteiger partial charge in [-0.05, 0) is 30.9 Å². The average Bonchev–Trinajstić information content (AvgIpc) is 2.29. The van der Waals surface area contributed by atoms with E-state index in [2.05, 4.69) is 10.3 Å². The number of hydrogen-bond donors (Lipinski definition) is 2. The molecule has 3 heteroatoms. The van der Waals surface area contributed by atoms with Crippen molar-refractivity contribution in [3.63, 3.8) is 0 Å². The third-order valence-electron chi connectivity index (χ3n) is 3.14. The fourth-order valence-corrected chi connectivity index (χ4v) is 1.10. The SMILES string of the molecule is CC.Cc1ccc(NCC(C)(O)C(C)(C)C)nc1. The minimum Gasteiger partial charge on any atom is -0.388 e. The van der Waals surface area contributed by atoms with Crippen molar-refractivity contribution in [2.45, 2.75) is 54.1 Å². The number of aliphatic hydroxyl groups is 1. The van der Waals surface area contributed by atoms with Gasteiger partial charge in [-0.1, -0.05) is 40.7 Å². The molecule has 104 valence electrons. The monoisotopic (exact) mass is 252 g/mol. The zero-order valence-corrected chi connectivity index (χ0v) is 12.8. The molecule has 0 fully saturated rings. The molecule has 1 heterocycles. The second kappa shape index (κ2) is 6.74. The van der Waals surface area contributed by atoms with E-state index in [9.17, 15) is 5.11 Å². The Hall–Kier alpha value is -1.09. The maximum absolute atomic E-state index is 10.3. The summed E-state index contributed by atoms with van der Waals surface area (Å²) in [5, 5.41) is 13.4. The average molecular weight is 252 g/mol. The van der Waals surface area contributed by atoms with Gasteiger partial charge in [0.1, 0.15) is 5.82 Å². The van der Waals surface area contributed by atoms with Crippen molar-refractivity contribution in [2.24, 2.45) is 5.41 Å². The maximum atomic E-state index is 10.3. The Morgan fingerprint density at radius 1 is 1.17 bits per heavy atom. The first kappa shape index (κ1) is 16.9. The Morgan fingerprint density at radius 3 is 2.11 bits per heavy atom. The summed E-state index contributed by atoms with van der Waals surface area (Å²) in [5.41, 5.74) is 0.206. The molecule has 1 atom stereocenters. The summed E-state index contributed by atoms with van der Waals surface area (Å²) in [5.74, 6) is 0.801. The second-order valence-electron chi connectivity index (χ2n) is 5.60. The van der Waals surface area contributed by atoms with Crippen LogP contribution in [0.5, 0.6) is 0 Å². The Morgan fingerprint density at radius 2 is 1.72 bits per heavy atom. The van der Waals surface area contributed by atoms with Crippen molar-refractivity contribution >= 4 is 5.82 Å². The van der Waals surface area contributed by atoms with E-state index in [1.165, 1.54) is 0 Å². The third kappa shape index (κ3) is 5.05. The summed E-state index contributed by atoms with van der Waals surface area (Å²) >= 11 is 0. The van der Waals surface area contributed by atoms with Crippen molar-refractivity contribution in [1.82, 2.24) is 4.98 Å². The van der Waals surface area contributed by atoms with E-state index in [0.29, 0.717) is 6.54 Å². The standard InChI is InChI=1S/C13H22N2O.C2H6/c1-10-6-7-11(14-8-10)15-9-13(5,16)12(2,3)4;1-2/h6-8,16H,9H2,1-5H3,(H,14,15);1-2H3. The van der Waals surface area contributed by atoms with Crippen LogP contribution in [-0.4, -0.2) is 22.2 Å². The molecule has 18 heavy (non-hydrogen) atoms. The van der Waals surface area contributed by atoms with Crippen LogP contribution in [0.25, 0.3) is 0 Å². The molecule has 3 nitrogen and oxygen atoms in total. The van der Waals surface area contributed by atoms with Crippen molar-refractivity contribution in [3.05, 3.63) is 23.9 Å². The van der Waals surface area contributed by atoms with E-state index in [1.54, 1.807) is 0 Å². The molecule has 0 aromatic carbocycles. The summed E-state index contributed by atoms with van der Waals surface area (Å²) < 4.78 is 0. The topological polar surface area (TPSA) is 45.1 Å². The van der Waals surface area contributed by atoms with Gasteiger partial charge in [0.15, 0.2) is 0 Å². The van der Waals surface area contributed by atoms with E-state index < -0.39 is 5.60 Å². The van der Waals surface area contributed by atoms with Crippen molar-refractivity contribution < 1.29 is 5.11 Å². The predicted molar refractivity (Wildman–Crippen MR) is 78.9 cm³/mol. The van der Waals surface area contributed by atoms with Crippen LogP contribution in [0.1, 0.15) is 47.1 Å². The third-order valence-corrected chi connectivity index (χ3v) is 3.14. The molecular weight excluding hydrogens is 224 g/mol. The normalized spacial score (nSPS) is 14.2. The number of anilines is 1. The van der Waals surface area contributed by atoms with Gasteiger partial charge in [-0.2, -0.15) is 0 Å². The number of hydrogen-bond acceptors (Lipinski definition) is 3. The Bertz CT molecular complexity index is 337. The molecule has 1 aromatic rings. The number of pyridine rings is 1. The van der Waals surface area contributed by atoms with Gasteiger partial charge in [0.2, 0.25) is 0 Å². The van der Waals surface area contributed by atoms with E-state index in [-0.39, 0.29) is 5.41 Å². The zero-order valence-electron chi connectivity index (χ0n) is 12.8. The summed E-state index contributed by atoms with van der Waals surface area (Å²) in [6.07, 6.45) is 1.81. The first-order valence-electron chi connectivity index (χ1n) is 6.61. The molecule has 0 bridgehead atoms. The van der Waals surface area contributed by atoms with Gasteiger partial charge in [-0.25, -0.2) is 4.98 Å². The first-order valence-corrected chi connectivity index (χ1v) is 6.61. The lowest BCUT2D eigenvalue weighted by Gasteiger charge is -2.37. The van der Waals surface area contributed by atoms with Crippen LogP contribution in [-0.2, 0) is 0 Å². The second-order valence-corrected chi connectivity index (χ2v) is 5.60. The molecule has 1 rings (SSSR count). The Kier molecular flexibility index (Phi) is 6.33. The van der Waals surface area contributed by atoms with Gasteiger partial charge in [-0.3, -0.25) is 0 Å². The van der Waals surface area contributed by atoms with Gasteiger partial charge >= 0.3 is 0 Å². The van der Waals surface area contributed by atoms with Crippen molar-refractivity contribution in [2.75, 3.05) is 11.9 Å². The van der Waals surface area contributed by atoms with Crippen LogP contribution in [0.3, 0.4) is 0 Å². The molecule has 1 aromatic heterocycles. The van der Waals surface area contributed by atoms with Crippen LogP contribution in [0.15, 0.2) is 18.3 Å².